The van der Waals surface area contributed by atoms with E-state index in [9.17, 15) is 9.36 Å². The van der Waals surface area contributed by atoms with Gasteiger partial charge >= 0.3 is 14.5 Å². The van der Waals surface area contributed by atoms with E-state index in [2.05, 4.69) is 52.4 Å². The van der Waals surface area contributed by atoms with Gasteiger partial charge < -0.3 is 17.1 Å². The van der Waals surface area contributed by atoms with Crippen LogP contribution in [0.5, 0.6) is 0 Å². The summed E-state index contributed by atoms with van der Waals surface area (Å²) in [7, 11) is -6.98. The van der Waals surface area contributed by atoms with Crippen LogP contribution in [0.2, 0.25) is 58.4 Å². The molecule has 0 N–H and O–H groups in total. The van der Waals surface area contributed by atoms with Crippen molar-refractivity contribution in [1.29, 1.82) is 0 Å². The Labute approximate surface area is 202 Å². The zero-order valence-corrected chi connectivity index (χ0v) is 27.2. The first kappa shape index (κ1) is 29.8. The summed E-state index contributed by atoms with van der Waals surface area (Å²) in [5, 5.41) is 0. The van der Waals surface area contributed by atoms with Gasteiger partial charge in [-0.15, -0.1) is 0 Å². The molecule has 31 heavy (non-hydrogen) atoms. The molecule has 13 heteroatoms. The van der Waals surface area contributed by atoms with E-state index in [-0.39, 0.29) is 23.7 Å². The highest BCUT2D eigenvalue weighted by Gasteiger charge is 2.42. The molecule has 0 aromatic rings. The molecule has 0 amide bonds. The van der Waals surface area contributed by atoms with Crippen molar-refractivity contribution in [3.63, 3.8) is 0 Å². The largest absolute Gasteiger partial charge is 0.462 e. The predicted octanol–water partition coefficient (Wildman–Crippen LogP) is 5.41. The van der Waals surface area contributed by atoms with Gasteiger partial charge in [0.1, 0.15) is 6.10 Å². The Bertz CT molecular complexity index is 711. The highest BCUT2D eigenvalue weighted by molar-refractivity contribution is 8.32. The van der Waals surface area contributed by atoms with Crippen molar-refractivity contribution >= 4 is 67.7 Å². The SMILES string of the molecule is CC(C[Si](C)(O[SiH](C)O[Si](C)(C)C)O[Si](C)(C)C)C(=O)OC1CCC(P(=O)=S=S)CC1. The van der Waals surface area contributed by atoms with Gasteiger partial charge in [0.25, 0.3) is 9.28 Å². The third kappa shape index (κ3) is 12.1. The molecule has 0 aliphatic heterocycles. The van der Waals surface area contributed by atoms with Crippen LogP contribution < -0.4 is 0 Å². The quantitative estimate of drug-likeness (QED) is 0.190. The lowest BCUT2D eigenvalue weighted by Gasteiger charge is -2.38. The molecule has 4 atom stereocenters. The molecule has 182 valence electrons. The highest BCUT2D eigenvalue weighted by Crippen LogP contribution is 2.33. The third-order valence-electron chi connectivity index (χ3n) is 4.83. The Kier molecular flexibility index (Phi) is 12.0. The maximum absolute atomic E-state index is 12.8. The van der Waals surface area contributed by atoms with Gasteiger partial charge in [-0.25, -0.2) is 0 Å². The molecule has 0 saturated heterocycles. The van der Waals surface area contributed by atoms with E-state index in [0.29, 0.717) is 6.04 Å². The number of hydrogen-bond acceptors (Lipinski definition) is 7. The van der Waals surface area contributed by atoms with Crippen molar-refractivity contribution in [2.45, 2.75) is 103 Å². The van der Waals surface area contributed by atoms with Crippen LogP contribution in [-0.2, 0) is 47.1 Å². The van der Waals surface area contributed by atoms with E-state index in [0.717, 1.165) is 35.2 Å². The van der Waals surface area contributed by atoms with E-state index in [4.69, 9.17) is 28.3 Å². The van der Waals surface area contributed by atoms with Crippen LogP contribution in [-0.4, -0.2) is 52.2 Å². The molecule has 0 spiro atoms. The fourth-order valence-electron chi connectivity index (χ4n) is 3.99. The molecule has 0 aromatic heterocycles. The lowest BCUT2D eigenvalue weighted by molar-refractivity contribution is -0.154. The van der Waals surface area contributed by atoms with Crippen molar-refractivity contribution in [2.75, 3.05) is 0 Å². The van der Waals surface area contributed by atoms with E-state index in [1.165, 1.54) is 0 Å². The van der Waals surface area contributed by atoms with E-state index in [1.807, 2.05) is 6.92 Å². The fourth-order valence-corrected chi connectivity index (χ4v) is 22.1. The lowest BCUT2D eigenvalue weighted by atomic mass is 9.97. The first-order valence-electron chi connectivity index (χ1n) is 11.1. The van der Waals surface area contributed by atoms with Crippen LogP contribution in [0.25, 0.3) is 0 Å². The van der Waals surface area contributed by atoms with Crippen molar-refractivity contribution in [3.05, 3.63) is 0 Å². The maximum Gasteiger partial charge on any atom is 0.316 e. The van der Waals surface area contributed by atoms with Gasteiger partial charge in [0, 0.05) is 11.7 Å². The minimum Gasteiger partial charge on any atom is -0.462 e. The molecule has 4 unspecified atom stereocenters. The van der Waals surface area contributed by atoms with Crippen molar-refractivity contribution < 1.29 is 26.4 Å². The minimum atomic E-state index is -2.60. The monoisotopic (exact) mass is 560 g/mol. The Balaban J connectivity index is 2.74. The smallest absolute Gasteiger partial charge is 0.316 e. The number of ether oxygens (including phenoxy) is 1. The molecule has 1 saturated carbocycles. The van der Waals surface area contributed by atoms with Gasteiger partial charge in [0.15, 0.2) is 23.2 Å². The summed E-state index contributed by atoms with van der Waals surface area (Å²) in [4.78, 5) is 12.8. The first-order chi connectivity index (χ1) is 14.0. The Hall–Kier alpha value is 0.758. The molecule has 0 bridgehead atoms. The molecule has 1 aliphatic carbocycles. The van der Waals surface area contributed by atoms with Crippen molar-refractivity contribution in [2.24, 2.45) is 5.92 Å². The van der Waals surface area contributed by atoms with Gasteiger partial charge in [0.05, 0.1) is 5.92 Å². The number of carbonyl (C=O) groups excluding carboxylic acids is 1. The summed E-state index contributed by atoms with van der Waals surface area (Å²) in [5.41, 5.74) is 0.150. The van der Waals surface area contributed by atoms with Gasteiger partial charge in [-0.1, -0.05) is 6.92 Å². The molecular formula is C18H41O6PS2Si4. The highest BCUT2D eigenvalue weighted by atomic mass is 32.9. The second-order valence-electron chi connectivity index (χ2n) is 10.6. The number of carbonyl (C=O) groups is 1. The molecule has 0 radical (unpaired) electrons. The molecule has 1 rings (SSSR count). The van der Waals surface area contributed by atoms with Crippen LogP contribution >= 0.6 is 6.58 Å². The summed E-state index contributed by atoms with van der Waals surface area (Å²) in [6.07, 6.45) is 3.02. The van der Waals surface area contributed by atoms with Crippen LogP contribution in [0.15, 0.2) is 0 Å². The summed E-state index contributed by atoms with van der Waals surface area (Å²) in [5.74, 6) is -0.480. The topological polar surface area (TPSA) is 71.1 Å². The Morgan fingerprint density at radius 3 is 2.06 bits per heavy atom. The molecule has 1 aliphatic rings. The lowest BCUT2D eigenvalue weighted by Crippen LogP contribution is -2.53. The van der Waals surface area contributed by atoms with Crippen LogP contribution in [0.3, 0.4) is 0 Å². The van der Waals surface area contributed by atoms with Crippen LogP contribution in [0, 0.1) is 5.92 Å². The average molecular weight is 561 g/mol. The molecule has 1 fully saturated rings. The van der Waals surface area contributed by atoms with E-state index >= 15 is 0 Å². The predicted molar refractivity (Wildman–Crippen MR) is 143 cm³/mol. The summed E-state index contributed by atoms with van der Waals surface area (Å²) >= 11 is 4.86. The van der Waals surface area contributed by atoms with Crippen molar-refractivity contribution in [1.82, 2.24) is 0 Å². The standard InChI is InChI=1S/C18H41O6PS2Si4/c1-15(18(19)21-16-10-12-17(13-11-16)25(20)27-26)14-31(9,24-30(6,7)8)23-28(2)22-29(3,4)5/h15-17,28H,10-14H2,1-9H3. The minimum absolute atomic E-state index is 0.0972. The zero-order valence-electron chi connectivity index (χ0n) is 20.6. The van der Waals surface area contributed by atoms with Crippen LogP contribution in [0.4, 0.5) is 0 Å². The zero-order chi connectivity index (χ0) is 24.0. The van der Waals surface area contributed by atoms with Crippen LogP contribution in [0.1, 0.15) is 32.6 Å². The number of rotatable bonds is 11. The van der Waals surface area contributed by atoms with Gasteiger partial charge in [-0.05, 0) is 98.7 Å². The summed E-state index contributed by atoms with van der Waals surface area (Å²) in [6, 6.07) is 0.566. The van der Waals surface area contributed by atoms with E-state index in [1.54, 1.807) is 0 Å². The Morgan fingerprint density at radius 1 is 1.06 bits per heavy atom. The number of hydrogen-bond donors (Lipinski definition) is 0. The maximum atomic E-state index is 12.8. The molecule has 0 heterocycles. The van der Waals surface area contributed by atoms with Gasteiger partial charge in [-0.2, -0.15) is 0 Å². The van der Waals surface area contributed by atoms with Crippen molar-refractivity contribution in [3.8, 4) is 0 Å². The first-order valence-corrected chi connectivity index (χ1v) is 26.2. The second kappa shape index (κ2) is 12.5. The second-order valence-corrected chi connectivity index (χ2v) is 29.9. The molecule has 0 aromatic carbocycles. The molecule has 6 nitrogen and oxygen atoms in total. The molecular weight excluding hydrogens is 520 g/mol. The number of esters is 1. The summed E-state index contributed by atoms with van der Waals surface area (Å²) in [6.45, 7) is 17.6. The third-order valence-corrected chi connectivity index (χ3v) is 21.8. The Morgan fingerprint density at radius 2 is 1.61 bits per heavy atom. The van der Waals surface area contributed by atoms with Gasteiger partial charge in [-0.3, -0.25) is 9.36 Å². The average Bonchev–Trinajstić information content (AvgIpc) is 2.57. The fraction of sp³-hybridized carbons (Fsp3) is 0.944. The summed E-state index contributed by atoms with van der Waals surface area (Å²) < 4.78 is 37.0. The normalized spacial score (nSPS) is 24.6. The van der Waals surface area contributed by atoms with E-state index < -0.39 is 41.1 Å². The van der Waals surface area contributed by atoms with Gasteiger partial charge in [0.2, 0.25) is 0 Å².